The smallest absolute Gasteiger partial charge is 0.0233 e. The number of nitrogens with zero attached hydrogens (tertiary/aromatic N) is 2. The van der Waals surface area contributed by atoms with Gasteiger partial charge in [0.2, 0.25) is 0 Å². The Bertz CT molecular complexity index is 642. The summed E-state index contributed by atoms with van der Waals surface area (Å²) < 4.78 is 0. The first-order valence-corrected chi connectivity index (χ1v) is 10.8. The second kappa shape index (κ2) is 11.3. The fourth-order valence-corrected chi connectivity index (χ4v) is 4.11. The molecule has 2 aliphatic heterocycles. The predicted octanol–water partition coefficient (Wildman–Crippen LogP) is 3.48. The average molecular weight is 381 g/mol. The molecule has 0 bridgehead atoms. The highest BCUT2D eigenvalue weighted by Gasteiger charge is 2.12. The van der Waals surface area contributed by atoms with E-state index < -0.39 is 0 Å². The van der Waals surface area contributed by atoms with Crippen LogP contribution >= 0.6 is 0 Å². The predicted molar refractivity (Wildman–Crippen MR) is 118 cm³/mol. The van der Waals surface area contributed by atoms with E-state index in [2.05, 4.69) is 58.3 Å². The number of hydrogen-bond donors (Lipinski definition) is 2. The highest BCUT2D eigenvalue weighted by atomic mass is 15.1. The van der Waals surface area contributed by atoms with Crippen molar-refractivity contribution in [2.75, 3.05) is 26.2 Å². The highest BCUT2D eigenvalue weighted by Crippen LogP contribution is 2.14. The van der Waals surface area contributed by atoms with E-state index in [1.807, 2.05) is 0 Å². The van der Waals surface area contributed by atoms with Crippen molar-refractivity contribution in [1.82, 2.24) is 9.80 Å². The Balaban J connectivity index is 0.000000161. The molecule has 4 rings (SSSR count). The summed E-state index contributed by atoms with van der Waals surface area (Å²) in [5, 5.41) is 0. The lowest BCUT2D eigenvalue weighted by atomic mass is 10.1. The van der Waals surface area contributed by atoms with E-state index in [9.17, 15) is 0 Å². The van der Waals surface area contributed by atoms with Crippen LogP contribution in [0, 0.1) is 0 Å². The van der Waals surface area contributed by atoms with Crippen LogP contribution in [0.1, 0.15) is 47.9 Å². The summed E-state index contributed by atoms with van der Waals surface area (Å²) in [6.45, 7) is 8.50. The first kappa shape index (κ1) is 21.0. The van der Waals surface area contributed by atoms with Crippen LogP contribution in [-0.2, 0) is 26.2 Å². The summed E-state index contributed by atoms with van der Waals surface area (Å²) in [6, 6.07) is 17.2. The maximum atomic E-state index is 5.61. The van der Waals surface area contributed by atoms with Gasteiger partial charge < -0.3 is 11.5 Å². The van der Waals surface area contributed by atoms with Gasteiger partial charge >= 0.3 is 0 Å². The molecule has 2 aliphatic rings. The van der Waals surface area contributed by atoms with E-state index in [-0.39, 0.29) is 0 Å². The summed E-state index contributed by atoms with van der Waals surface area (Å²) in [5.74, 6) is 0. The maximum absolute atomic E-state index is 5.61. The van der Waals surface area contributed by atoms with Gasteiger partial charge in [-0.15, -0.1) is 0 Å². The van der Waals surface area contributed by atoms with Crippen molar-refractivity contribution in [3.8, 4) is 0 Å². The van der Waals surface area contributed by atoms with Crippen molar-refractivity contribution in [1.29, 1.82) is 0 Å². The number of rotatable bonds is 6. The van der Waals surface area contributed by atoms with Crippen molar-refractivity contribution in [3.05, 3.63) is 70.8 Å². The van der Waals surface area contributed by atoms with Crippen LogP contribution in [0.25, 0.3) is 0 Å². The molecule has 0 saturated carbocycles. The molecule has 2 aromatic carbocycles. The molecule has 4 nitrogen and oxygen atoms in total. The lowest BCUT2D eigenvalue weighted by Gasteiger charge is -2.14. The minimum atomic E-state index is 0.647. The molecule has 0 radical (unpaired) electrons. The highest BCUT2D eigenvalue weighted by molar-refractivity contribution is 5.24. The fourth-order valence-electron chi connectivity index (χ4n) is 4.11. The van der Waals surface area contributed by atoms with E-state index in [4.69, 9.17) is 11.5 Å². The minimum Gasteiger partial charge on any atom is -0.326 e. The SMILES string of the molecule is NCc1cccc(CN2CCCC2)c1.NCc1cccc(CN2CCCC2)c1. The Morgan fingerprint density at radius 1 is 0.571 bits per heavy atom. The van der Waals surface area contributed by atoms with E-state index >= 15 is 0 Å². The standard InChI is InChI=1S/2C12H18N2/c2*13-9-11-4-3-5-12(8-11)10-14-6-1-2-7-14/h2*3-5,8H,1-2,6-7,9-10,13H2. The third-order valence-corrected chi connectivity index (χ3v) is 5.66. The van der Waals surface area contributed by atoms with E-state index in [1.54, 1.807) is 0 Å². The van der Waals surface area contributed by atoms with Gasteiger partial charge in [0, 0.05) is 26.2 Å². The van der Waals surface area contributed by atoms with Crippen LogP contribution in [-0.4, -0.2) is 36.0 Å². The molecule has 0 aromatic heterocycles. The molecular formula is C24H36N4. The summed E-state index contributed by atoms with van der Waals surface area (Å²) in [6.07, 6.45) is 5.43. The zero-order chi connectivity index (χ0) is 19.6. The molecule has 0 atom stereocenters. The van der Waals surface area contributed by atoms with Gasteiger partial charge in [-0.3, -0.25) is 9.80 Å². The quantitative estimate of drug-likeness (QED) is 0.805. The zero-order valence-electron chi connectivity index (χ0n) is 17.2. The molecule has 2 fully saturated rings. The van der Waals surface area contributed by atoms with Gasteiger partial charge in [0.05, 0.1) is 0 Å². The number of hydrogen-bond acceptors (Lipinski definition) is 4. The van der Waals surface area contributed by atoms with Gasteiger partial charge in [-0.1, -0.05) is 48.5 Å². The molecule has 2 saturated heterocycles. The van der Waals surface area contributed by atoms with Gasteiger partial charge in [-0.05, 0) is 74.1 Å². The van der Waals surface area contributed by atoms with Gasteiger partial charge in [-0.25, -0.2) is 0 Å². The van der Waals surface area contributed by atoms with Crippen molar-refractivity contribution < 1.29 is 0 Å². The van der Waals surface area contributed by atoms with E-state index in [0.29, 0.717) is 13.1 Å². The largest absolute Gasteiger partial charge is 0.326 e. The Kier molecular flexibility index (Phi) is 8.49. The molecule has 0 amide bonds. The van der Waals surface area contributed by atoms with Gasteiger partial charge in [-0.2, -0.15) is 0 Å². The molecule has 152 valence electrons. The average Bonchev–Trinajstić information content (AvgIpc) is 3.43. The van der Waals surface area contributed by atoms with Crippen molar-refractivity contribution >= 4 is 0 Å². The Hall–Kier alpha value is -1.72. The fraction of sp³-hybridized carbons (Fsp3) is 0.500. The Morgan fingerprint density at radius 2 is 0.929 bits per heavy atom. The summed E-state index contributed by atoms with van der Waals surface area (Å²) in [5.41, 5.74) is 16.5. The van der Waals surface area contributed by atoms with Crippen LogP contribution in [0.2, 0.25) is 0 Å². The van der Waals surface area contributed by atoms with Crippen molar-refractivity contribution in [2.24, 2.45) is 11.5 Å². The van der Waals surface area contributed by atoms with Crippen molar-refractivity contribution in [2.45, 2.75) is 51.9 Å². The molecular weight excluding hydrogens is 344 g/mol. The molecule has 4 N–H and O–H groups in total. The number of likely N-dealkylation sites (tertiary alicyclic amines) is 2. The Morgan fingerprint density at radius 3 is 1.29 bits per heavy atom. The summed E-state index contributed by atoms with van der Waals surface area (Å²) >= 11 is 0. The minimum absolute atomic E-state index is 0.647. The second-order valence-corrected chi connectivity index (χ2v) is 8.01. The third kappa shape index (κ3) is 6.71. The van der Waals surface area contributed by atoms with Gasteiger partial charge in [0.25, 0.3) is 0 Å². The second-order valence-electron chi connectivity index (χ2n) is 8.01. The van der Waals surface area contributed by atoms with Crippen LogP contribution in [0.5, 0.6) is 0 Å². The first-order valence-electron chi connectivity index (χ1n) is 10.8. The van der Waals surface area contributed by atoms with E-state index in [1.165, 1.54) is 74.1 Å². The van der Waals surface area contributed by atoms with Crippen LogP contribution < -0.4 is 11.5 Å². The summed E-state index contributed by atoms with van der Waals surface area (Å²) in [7, 11) is 0. The first-order chi connectivity index (χ1) is 13.8. The monoisotopic (exact) mass is 380 g/mol. The molecule has 28 heavy (non-hydrogen) atoms. The van der Waals surface area contributed by atoms with Crippen LogP contribution in [0.15, 0.2) is 48.5 Å². The molecule has 0 unspecified atom stereocenters. The van der Waals surface area contributed by atoms with Gasteiger partial charge in [0.15, 0.2) is 0 Å². The molecule has 0 spiro atoms. The molecule has 2 aromatic rings. The lowest BCUT2D eigenvalue weighted by molar-refractivity contribution is 0.331. The van der Waals surface area contributed by atoms with E-state index in [0.717, 1.165) is 13.1 Å². The van der Waals surface area contributed by atoms with Crippen LogP contribution in [0.4, 0.5) is 0 Å². The summed E-state index contributed by atoms with van der Waals surface area (Å²) in [4.78, 5) is 5.02. The maximum Gasteiger partial charge on any atom is 0.0233 e. The molecule has 4 heteroatoms. The third-order valence-electron chi connectivity index (χ3n) is 5.66. The van der Waals surface area contributed by atoms with Crippen molar-refractivity contribution in [3.63, 3.8) is 0 Å². The van der Waals surface area contributed by atoms with Gasteiger partial charge in [0.1, 0.15) is 0 Å². The van der Waals surface area contributed by atoms with Crippen LogP contribution in [0.3, 0.4) is 0 Å². The zero-order valence-corrected chi connectivity index (χ0v) is 17.2. The number of nitrogens with two attached hydrogens (primary N) is 2. The Labute approximate surface area is 170 Å². The topological polar surface area (TPSA) is 58.5 Å². The number of benzene rings is 2. The molecule has 0 aliphatic carbocycles. The lowest BCUT2D eigenvalue weighted by Crippen LogP contribution is -2.18. The normalized spacial score (nSPS) is 17.5. The molecule has 2 heterocycles.